The molecule has 0 bridgehead atoms. The highest BCUT2D eigenvalue weighted by Crippen LogP contribution is 2.27. The lowest BCUT2D eigenvalue weighted by atomic mass is 10.3. The molecular weight excluding hydrogens is 360 g/mol. The zero-order valence-electron chi connectivity index (χ0n) is 13.9. The number of ether oxygens (including phenoxy) is 1. The molecule has 6 nitrogen and oxygen atoms in total. The van der Waals surface area contributed by atoms with Gasteiger partial charge in [-0.05, 0) is 43.3 Å². The molecule has 0 unspecified atom stereocenters. The van der Waals surface area contributed by atoms with Crippen LogP contribution in [0.5, 0.6) is 5.75 Å². The topological polar surface area (TPSA) is 66.9 Å². The predicted octanol–water partition coefficient (Wildman–Crippen LogP) is 2.47. The Morgan fingerprint density at radius 2 is 1.76 bits per heavy atom. The van der Waals surface area contributed by atoms with E-state index in [1.54, 1.807) is 30.3 Å². The van der Waals surface area contributed by atoms with Gasteiger partial charge in [0.15, 0.2) is 6.29 Å². The number of carbonyl (C=O) groups excluding carboxylic acids is 1. The van der Waals surface area contributed by atoms with Crippen molar-refractivity contribution in [2.24, 2.45) is 0 Å². The lowest BCUT2D eigenvalue weighted by Crippen LogP contribution is -2.48. The first-order valence-electron chi connectivity index (χ1n) is 8.07. The molecule has 134 valence electrons. The Labute approximate surface area is 151 Å². The summed E-state index contributed by atoms with van der Waals surface area (Å²) < 4.78 is 32.4. The van der Waals surface area contributed by atoms with Crippen molar-refractivity contribution >= 4 is 32.6 Å². The van der Waals surface area contributed by atoms with Gasteiger partial charge in [-0.2, -0.15) is 4.31 Å². The third kappa shape index (κ3) is 3.86. The molecule has 8 heteroatoms. The number of hydrogen-bond donors (Lipinski definition) is 0. The van der Waals surface area contributed by atoms with Gasteiger partial charge < -0.3 is 9.64 Å². The normalized spacial score (nSPS) is 16.0. The minimum Gasteiger partial charge on any atom is -0.494 e. The fourth-order valence-corrected chi connectivity index (χ4v) is 5.04. The molecule has 0 radical (unpaired) electrons. The first kappa shape index (κ1) is 17.9. The third-order valence-corrected chi connectivity index (χ3v) is 7.04. The summed E-state index contributed by atoms with van der Waals surface area (Å²) in [5.74, 6) is 0.662. The monoisotopic (exact) mass is 380 g/mol. The summed E-state index contributed by atoms with van der Waals surface area (Å²) in [7, 11) is -3.50. The van der Waals surface area contributed by atoms with E-state index in [0.717, 1.165) is 11.3 Å². The van der Waals surface area contributed by atoms with Crippen LogP contribution < -0.4 is 9.64 Å². The van der Waals surface area contributed by atoms with Crippen molar-refractivity contribution in [3.05, 3.63) is 41.3 Å². The molecule has 3 rings (SSSR count). The zero-order chi connectivity index (χ0) is 17.9. The van der Waals surface area contributed by atoms with E-state index in [-0.39, 0.29) is 4.90 Å². The van der Waals surface area contributed by atoms with Crippen LogP contribution in [0.1, 0.15) is 16.6 Å². The number of carbonyl (C=O) groups is 1. The summed E-state index contributed by atoms with van der Waals surface area (Å²) in [6, 6.07) is 10.2. The first-order valence-corrected chi connectivity index (χ1v) is 10.3. The Kier molecular flexibility index (Phi) is 5.41. The van der Waals surface area contributed by atoms with Crippen LogP contribution in [-0.4, -0.2) is 51.8 Å². The van der Waals surface area contributed by atoms with Crippen LogP contribution in [0.2, 0.25) is 0 Å². The Hall–Kier alpha value is -1.90. The lowest BCUT2D eigenvalue weighted by Gasteiger charge is -2.34. The largest absolute Gasteiger partial charge is 0.494 e. The van der Waals surface area contributed by atoms with Gasteiger partial charge in [0.25, 0.3) is 0 Å². The van der Waals surface area contributed by atoms with E-state index in [1.807, 2.05) is 13.0 Å². The summed E-state index contributed by atoms with van der Waals surface area (Å²) in [6.07, 6.45) is 0.834. The van der Waals surface area contributed by atoms with Crippen molar-refractivity contribution in [3.8, 4) is 5.75 Å². The number of sulfonamides is 1. The number of thiophene rings is 1. The van der Waals surface area contributed by atoms with Crippen LogP contribution in [0.4, 0.5) is 5.00 Å². The van der Waals surface area contributed by atoms with E-state index in [1.165, 1.54) is 15.6 Å². The smallest absolute Gasteiger partial charge is 0.243 e. The molecule has 0 saturated carbocycles. The Morgan fingerprint density at radius 1 is 1.08 bits per heavy atom. The lowest BCUT2D eigenvalue weighted by molar-refractivity contribution is 0.112. The van der Waals surface area contributed by atoms with Crippen LogP contribution in [-0.2, 0) is 10.0 Å². The van der Waals surface area contributed by atoms with Gasteiger partial charge in [0.1, 0.15) is 5.75 Å². The van der Waals surface area contributed by atoms with Crippen molar-refractivity contribution in [2.45, 2.75) is 11.8 Å². The van der Waals surface area contributed by atoms with Gasteiger partial charge in [-0.3, -0.25) is 4.79 Å². The molecule has 0 aliphatic carbocycles. The zero-order valence-corrected chi connectivity index (χ0v) is 15.6. The molecule has 0 spiro atoms. The summed E-state index contributed by atoms with van der Waals surface area (Å²) >= 11 is 1.43. The third-order valence-electron chi connectivity index (χ3n) is 4.05. The van der Waals surface area contributed by atoms with E-state index in [0.29, 0.717) is 43.4 Å². The van der Waals surface area contributed by atoms with Gasteiger partial charge in [0.2, 0.25) is 10.0 Å². The predicted molar refractivity (Wildman–Crippen MR) is 98.3 cm³/mol. The Balaban J connectivity index is 1.67. The van der Waals surface area contributed by atoms with Gasteiger partial charge in [-0.1, -0.05) is 0 Å². The molecule has 25 heavy (non-hydrogen) atoms. The molecule has 1 fully saturated rings. The molecule has 1 saturated heterocycles. The van der Waals surface area contributed by atoms with E-state index in [9.17, 15) is 13.2 Å². The van der Waals surface area contributed by atoms with Crippen molar-refractivity contribution in [1.29, 1.82) is 0 Å². The van der Waals surface area contributed by atoms with Crippen molar-refractivity contribution in [3.63, 3.8) is 0 Å². The molecule has 1 aliphatic rings. The number of nitrogens with zero attached hydrogens (tertiary/aromatic N) is 2. The minimum absolute atomic E-state index is 0.281. The van der Waals surface area contributed by atoms with E-state index in [4.69, 9.17) is 4.74 Å². The van der Waals surface area contributed by atoms with Gasteiger partial charge >= 0.3 is 0 Å². The molecule has 2 heterocycles. The van der Waals surface area contributed by atoms with Crippen LogP contribution in [0.25, 0.3) is 0 Å². The highest BCUT2D eigenvalue weighted by atomic mass is 32.2. The molecule has 2 aromatic rings. The molecule has 1 aromatic carbocycles. The van der Waals surface area contributed by atoms with Crippen LogP contribution in [0, 0.1) is 0 Å². The number of benzene rings is 1. The fourth-order valence-electron chi connectivity index (χ4n) is 2.75. The highest BCUT2D eigenvalue weighted by molar-refractivity contribution is 7.89. The Morgan fingerprint density at radius 3 is 2.32 bits per heavy atom. The highest BCUT2D eigenvalue weighted by Gasteiger charge is 2.29. The summed E-state index contributed by atoms with van der Waals surface area (Å²) in [4.78, 5) is 13.9. The SMILES string of the molecule is CCOc1ccc(S(=O)(=O)N2CCN(c3ccc(C=O)s3)CC2)cc1. The van der Waals surface area contributed by atoms with E-state index >= 15 is 0 Å². The summed E-state index contributed by atoms with van der Waals surface area (Å²) in [5, 5.41) is 1.00. The summed E-state index contributed by atoms with van der Waals surface area (Å²) in [6.45, 7) is 4.48. The molecular formula is C17H20N2O4S2. The van der Waals surface area contributed by atoms with Crippen LogP contribution in [0.15, 0.2) is 41.3 Å². The van der Waals surface area contributed by atoms with Crippen molar-refractivity contribution in [2.75, 3.05) is 37.7 Å². The van der Waals surface area contributed by atoms with E-state index in [2.05, 4.69) is 4.90 Å². The standard InChI is InChI=1S/C17H20N2O4S2/c1-2-23-14-3-6-16(7-4-14)25(21,22)19-11-9-18(10-12-19)17-8-5-15(13-20)24-17/h3-8,13H,2,9-12H2,1H3. The average molecular weight is 380 g/mol. The van der Waals surface area contributed by atoms with Gasteiger partial charge in [0.05, 0.1) is 21.4 Å². The molecule has 0 N–H and O–H groups in total. The number of aldehydes is 1. The summed E-state index contributed by atoms with van der Waals surface area (Å²) in [5.41, 5.74) is 0. The second-order valence-corrected chi connectivity index (χ2v) is 8.62. The molecule has 0 atom stereocenters. The van der Waals surface area contributed by atoms with Crippen LogP contribution >= 0.6 is 11.3 Å². The number of anilines is 1. The Bertz CT molecular complexity index is 823. The number of piperazine rings is 1. The maximum absolute atomic E-state index is 12.8. The number of hydrogen-bond acceptors (Lipinski definition) is 6. The van der Waals surface area contributed by atoms with E-state index < -0.39 is 10.0 Å². The molecule has 1 aliphatic heterocycles. The van der Waals surface area contributed by atoms with Gasteiger partial charge in [0, 0.05) is 26.2 Å². The van der Waals surface area contributed by atoms with Crippen molar-refractivity contribution < 1.29 is 17.9 Å². The van der Waals surface area contributed by atoms with Crippen molar-refractivity contribution in [1.82, 2.24) is 4.31 Å². The molecule has 0 amide bonds. The first-order chi connectivity index (χ1) is 12.0. The van der Waals surface area contributed by atoms with Crippen LogP contribution in [0.3, 0.4) is 0 Å². The molecule has 1 aromatic heterocycles. The quantitative estimate of drug-likeness (QED) is 0.720. The minimum atomic E-state index is -3.50. The number of rotatable bonds is 6. The average Bonchev–Trinajstić information content (AvgIpc) is 3.12. The second kappa shape index (κ2) is 7.55. The van der Waals surface area contributed by atoms with Gasteiger partial charge in [-0.25, -0.2) is 8.42 Å². The maximum atomic E-state index is 12.8. The fraction of sp³-hybridized carbons (Fsp3) is 0.353. The van der Waals surface area contributed by atoms with Gasteiger partial charge in [-0.15, -0.1) is 11.3 Å². The second-order valence-electron chi connectivity index (χ2n) is 5.59. The maximum Gasteiger partial charge on any atom is 0.243 e.